The fourth-order valence-corrected chi connectivity index (χ4v) is 2.67. The highest BCUT2D eigenvalue weighted by molar-refractivity contribution is 6.37. The fourth-order valence-electron chi connectivity index (χ4n) is 2.67. The Morgan fingerprint density at radius 2 is 1.93 bits per heavy atom. The van der Waals surface area contributed by atoms with E-state index in [1.54, 1.807) is 0 Å². The van der Waals surface area contributed by atoms with E-state index in [1.807, 2.05) is 4.90 Å². The van der Waals surface area contributed by atoms with Gasteiger partial charge >= 0.3 is 0 Å². The lowest BCUT2D eigenvalue weighted by molar-refractivity contribution is -0.142. The summed E-state index contributed by atoms with van der Waals surface area (Å²) in [7, 11) is 0. The summed E-state index contributed by atoms with van der Waals surface area (Å²) >= 11 is 0. The van der Waals surface area contributed by atoms with Crippen molar-refractivity contribution in [1.82, 2.24) is 4.90 Å². The molecule has 1 saturated heterocycles. The molecular weight excluding hydrogens is 178 g/mol. The van der Waals surface area contributed by atoms with Crippen LogP contribution in [0.25, 0.3) is 0 Å². The van der Waals surface area contributed by atoms with Crippen molar-refractivity contribution in [2.24, 2.45) is 5.92 Å². The van der Waals surface area contributed by atoms with Gasteiger partial charge in [0.1, 0.15) is 0 Å². The van der Waals surface area contributed by atoms with E-state index in [2.05, 4.69) is 6.92 Å². The van der Waals surface area contributed by atoms with Crippen LogP contribution in [0.5, 0.6) is 0 Å². The second-order valence-corrected chi connectivity index (χ2v) is 4.50. The highest BCUT2D eigenvalue weighted by Gasteiger charge is 2.37. The van der Waals surface area contributed by atoms with Gasteiger partial charge in [-0.05, 0) is 18.8 Å². The first kappa shape index (κ1) is 9.69. The highest BCUT2D eigenvalue weighted by atomic mass is 16.2. The Labute approximate surface area is 84.5 Å². The average Bonchev–Trinajstić information content (AvgIpc) is 2.49. The maximum Gasteiger partial charge on any atom is 0.290 e. The van der Waals surface area contributed by atoms with Crippen LogP contribution >= 0.6 is 0 Å². The van der Waals surface area contributed by atoms with Gasteiger partial charge in [-0.1, -0.05) is 19.8 Å². The van der Waals surface area contributed by atoms with Gasteiger partial charge in [0.05, 0.1) is 0 Å². The molecule has 0 aromatic rings. The van der Waals surface area contributed by atoms with Gasteiger partial charge in [-0.3, -0.25) is 9.59 Å². The maximum atomic E-state index is 11.5. The second kappa shape index (κ2) is 3.71. The quantitative estimate of drug-likeness (QED) is 0.592. The van der Waals surface area contributed by atoms with Crippen LogP contribution in [-0.4, -0.2) is 29.2 Å². The predicted molar refractivity (Wildman–Crippen MR) is 52.8 cm³/mol. The van der Waals surface area contributed by atoms with Gasteiger partial charge in [0.2, 0.25) is 5.78 Å². The summed E-state index contributed by atoms with van der Waals surface area (Å²) in [6.45, 7) is 2.85. The molecule has 0 N–H and O–H groups in total. The first-order valence-electron chi connectivity index (χ1n) is 5.54. The van der Waals surface area contributed by atoms with Crippen molar-refractivity contribution in [2.75, 3.05) is 6.54 Å². The normalized spacial score (nSPS) is 33.9. The molecule has 1 amide bonds. The number of carbonyl (C=O) groups is 2. The third-order valence-electron chi connectivity index (χ3n) is 3.55. The standard InChI is InChI=1S/C11H17NO2/c1-8-4-2-3-5-9(8)12-7-6-10(13)11(12)14/h8-9H,2-7H2,1H3. The Morgan fingerprint density at radius 3 is 2.50 bits per heavy atom. The summed E-state index contributed by atoms with van der Waals surface area (Å²) in [5.41, 5.74) is 0. The number of Topliss-reactive ketones (excluding diaryl/α,β-unsaturated/α-hetero) is 1. The van der Waals surface area contributed by atoms with E-state index in [1.165, 1.54) is 19.3 Å². The number of carbonyl (C=O) groups excluding carboxylic acids is 2. The molecule has 1 heterocycles. The van der Waals surface area contributed by atoms with Gasteiger partial charge < -0.3 is 4.90 Å². The molecule has 78 valence electrons. The first-order chi connectivity index (χ1) is 6.70. The van der Waals surface area contributed by atoms with E-state index in [-0.39, 0.29) is 11.7 Å². The molecule has 1 aliphatic carbocycles. The molecule has 0 spiro atoms. The Bertz CT molecular complexity index is 262. The smallest absolute Gasteiger partial charge is 0.290 e. The number of hydrogen-bond donors (Lipinski definition) is 0. The number of likely N-dealkylation sites (tertiary alicyclic amines) is 1. The third-order valence-corrected chi connectivity index (χ3v) is 3.55. The monoisotopic (exact) mass is 195 g/mol. The molecule has 0 aromatic heterocycles. The molecule has 2 fully saturated rings. The zero-order chi connectivity index (χ0) is 10.1. The summed E-state index contributed by atoms with van der Waals surface area (Å²) in [5, 5.41) is 0. The summed E-state index contributed by atoms with van der Waals surface area (Å²) < 4.78 is 0. The highest BCUT2D eigenvalue weighted by Crippen LogP contribution is 2.29. The zero-order valence-electron chi connectivity index (χ0n) is 8.66. The summed E-state index contributed by atoms with van der Waals surface area (Å²) in [4.78, 5) is 24.5. The molecule has 1 saturated carbocycles. The molecule has 0 bridgehead atoms. The Kier molecular flexibility index (Phi) is 2.57. The van der Waals surface area contributed by atoms with Crippen molar-refractivity contribution >= 4 is 11.7 Å². The minimum atomic E-state index is -0.233. The van der Waals surface area contributed by atoms with Crippen molar-refractivity contribution in [3.63, 3.8) is 0 Å². The molecule has 2 rings (SSSR count). The SMILES string of the molecule is CC1CCCCC1N1CCC(=O)C1=O. The van der Waals surface area contributed by atoms with Crippen molar-refractivity contribution in [3.05, 3.63) is 0 Å². The van der Waals surface area contributed by atoms with Crippen LogP contribution in [0.3, 0.4) is 0 Å². The van der Waals surface area contributed by atoms with Gasteiger partial charge in [-0.25, -0.2) is 0 Å². The van der Waals surface area contributed by atoms with E-state index in [0.29, 0.717) is 24.9 Å². The lowest BCUT2D eigenvalue weighted by Gasteiger charge is -2.35. The molecule has 2 aliphatic rings. The first-order valence-corrected chi connectivity index (χ1v) is 5.54. The Hall–Kier alpha value is -0.860. The molecule has 14 heavy (non-hydrogen) atoms. The summed E-state index contributed by atoms with van der Waals surface area (Å²) in [6.07, 6.45) is 5.19. The molecule has 3 nitrogen and oxygen atoms in total. The van der Waals surface area contributed by atoms with Crippen molar-refractivity contribution in [3.8, 4) is 0 Å². The van der Waals surface area contributed by atoms with E-state index in [4.69, 9.17) is 0 Å². The van der Waals surface area contributed by atoms with Crippen LogP contribution in [-0.2, 0) is 9.59 Å². The van der Waals surface area contributed by atoms with E-state index in [0.717, 1.165) is 6.42 Å². The second-order valence-electron chi connectivity index (χ2n) is 4.50. The third kappa shape index (κ3) is 1.56. The van der Waals surface area contributed by atoms with Gasteiger partial charge in [-0.15, -0.1) is 0 Å². The number of ketones is 1. The lowest BCUT2D eigenvalue weighted by Crippen LogP contribution is -2.43. The van der Waals surface area contributed by atoms with Gasteiger partial charge in [0.15, 0.2) is 0 Å². The van der Waals surface area contributed by atoms with E-state index >= 15 is 0 Å². The minimum absolute atomic E-state index is 0.192. The molecule has 2 atom stereocenters. The van der Waals surface area contributed by atoms with Crippen LogP contribution in [0.15, 0.2) is 0 Å². The number of rotatable bonds is 1. The van der Waals surface area contributed by atoms with Crippen molar-refractivity contribution in [2.45, 2.75) is 45.1 Å². The number of hydrogen-bond acceptors (Lipinski definition) is 2. The summed E-state index contributed by atoms with van der Waals surface area (Å²) in [6, 6.07) is 0.336. The van der Waals surface area contributed by atoms with Crippen LogP contribution < -0.4 is 0 Å². The van der Waals surface area contributed by atoms with E-state index in [9.17, 15) is 9.59 Å². The molecule has 3 heteroatoms. The number of amides is 1. The molecule has 2 unspecified atom stereocenters. The van der Waals surface area contributed by atoms with Crippen LogP contribution in [0, 0.1) is 5.92 Å². The van der Waals surface area contributed by atoms with Crippen molar-refractivity contribution < 1.29 is 9.59 Å². The summed E-state index contributed by atoms with van der Waals surface area (Å²) in [5.74, 6) is 0.144. The molecule has 1 aliphatic heterocycles. The van der Waals surface area contributed by atoms with E-state index < -0.39 is 0 Å². The Morgan fingerprint density at radius 1 is 1.21 bits per heavy atom. The van der Waals surface area contributed by atoms with Crippen LogP contribution in [0.1, 0.15) is 39.0 Å². The lowest BCUT2D eigenvalue weighted by atomic mass is 9.85. The average molecular weight is 195 g/mol. The largest absolute Gasteiger partial charge is 0.332 e. The molecule has 0 radical (unpaired) electrons. The zero-order valence-corrected chi connectivity index (χ0v) is 8.66. The number of nitrogens with zero attached hydrogens (tertiary/aromatic N) is 1. The van der Waals surface area contributed by atoms with Gasteiger partial charge in [0.25, 0.3) is 5.91 Å². The predicted octanol–water partition coefficient (Wildman–Crippen LogP) is 1.37. The van der Waals surface area contributed by atoms with Gasteiger partial charge in [0, 0.05) is 19.0 Å². The van der Waals surface area contributed by atoms with Crippen LogP contribution in [0.4, 0.5) is 0 Å². The maximum absolute atomic E-state index is 11.5. The molecular formula is C11H17NO2. The topological polar surface area (TPSA) is 37.4 Å². The Balaban J connectivity index is 2.06. The van der Waals surface area contributed by atoms with Gasteiger partial charge in [-0.2, -0.15) is 0 Å². The van der Waals surface area contributed by atoms with Crippen molar-refractivity contribution in [1.29, 1.82) is 0 Å². The van der Waals surface area contributed by atoms with Crippen LogP contribution in [0.2, 0.25) is 0 Å². The minimum Gasteiger partial charge on any atom is -0.332 e. The molecule has 0 aromatic carbocycles. The fraction of sp³-hybridized carbons (Fsp3) is 0.818.